The second kappa shape index (κ2) is 28.3. The molecule has 1 unspecified atom stereocenters. The molecule has 9 atom stereocenters. The molecule has 0 aromatic heterocycles. The molecule has 1 aliphatic rings. The number of hydrogen-bond acceptors (Lipinski definition) is 9. The summed E-state index contributed by atoms with van der Waals surface area (Å²) in [7, 11) is 6.19. The summed E-state index contributed by atoms with van der Waals surface area (Å²) in [6, 6.07) is 6.08. The number of benzene rings is 1. The lowest BCUT2D eigenvalue weighted by Gasteiger charge is -2.39. The van der Waals surface area contributed by atoms with Crippen molar-refractivity contribution in [2.45, 2.75) is 134 Å². The Balaban J connectivity index is 2.08. The van der Waals surface area contributed by atoms with Gasteiger partial charge in [-0.2, -0.15) is 0 Å². The summed E-state index contributed by atoms with van der Waals surface area (Å²) in [5.74, 6) is -4.15. The first-order valence-electron chi connectivity index (χ1n) is 22.0. The molecule has 0 radical (unpaired) electrons. The number of carbonyl (C=O) groups is 7. The third kappa shape index (κ3) is 17.0. The number of ether oxygens (including phenoxy) is 2. The summed E-state index contributed by atoms with van der Waals surface area (Å²) in [6.45, 7) is 9.90. The van der Waals surface area contributed by atoms with Gasteiger partial charge in [0, 0.05) is 59.6 Å². The number of carboxylic acid groups (broad SMARTS) is 1. The van der Waals surface area contributed by atoms with E-state index in [-0.39, 0.29) is 66.1 Å². The number of methoxy groups -OCH3 is 2. The molecule has 0 saturated carbocycles. The number of alkyl halides is 2. The van der Waals surface area contributed by atoms with E-state index in [4.69, 9.17) is 9.47 Å². The number of unbranched alkanes of at least 4 members (excludes halogenated alkanes) is 2. The van der Waals surface area contributed by atoms with E-state index in [1.54, 1.807) is 50.2 Å². The number of carbonyl (C=O) groups excluding carboxylic acids is 6. The van der Waals surface area contributed by atoms with Gasteiger partial charge in [0.05, 0.1) is 43.2 Å². The molecule has 18 heteroatoms. The molecule has 1 heterocycles. The average Bonchev–Trinajstić information content (AvgIpc) is 3.75. The van der Waals surface area contributed by atoms with Gasteiger partial charge in [-0.25, -0.2) is 4.79 Å². The van der Waals surface area contributed by atoms with Gasteiger partial charge < -0.3 is 45.2 Å². The number of likely N-dealkylation sites (N-methyl/N-ethyl adjacent to an activating group) is 2. The lowest BCUT2D eigenvalue weighted by Crippen LogP contribution is -2.56. The van der Waals surface area contributed by atoms with Crippen LogP contribution in [-0.4, -0.2) is 156 Å². The Morgan fingerprint density at radius 2 is 1.56 bits per heavy atom. The molecule has 0 spiro atoms. The van der Waals surface area contributed by atoms with Crippen LogP contribution in [0.5, 0.6) is 0 Å². The molecule has 6 amide bonds. The SMILES string of the molecule is CC[C@@H](C)[C@@H]([C@@H](CC(=O)N1CCC[C@H]1[C@H](OC)[C@@H](C)C(=O)N[C@@H](Cc1ccccc1)C(=O)O)OC)N(C)C(=O)CNC(=O)[C@H](C(C)C)N(C)C(=O)CCCCCNC(=O)C(Br)CBr. The first-order chi connectivity index (χ1) is 29.8. The molecule has 63 heavy (non-hydrogen) atoms. The maximum Gasteiger partial charge on any atom is 0.326 e. The smallest absolute Gasteiger partial charge is 0.326 e. The highest BCUT2D eigenvalue weighted by Gasteiger charge is 2.42. The van der Waals surface area contributed by atoms with Crippen molar-refractivity contribution in [1.82, 2.24) is 30.7 Å². The van der Waals surface area contributed by atoms with E-state index in [2.05, 4.69) is 47.8 Å². The number of carboxylic acids is 1. The minimum atomic E-state index is -1.16. The van der Waals surface area contributed by atoms with Crippen LogP contribution in [0.4, 0.5) is 0 Å². The van der Waals surface area contributed by atoms with E-state index in [1.807, 2.05) is 33.8 Å². The second-order valence-corrected chi connectivity index (χ2v) is 18.6. The van der Waals surface area contributed by atoms with Crippen molar-refractivity contribution in [2.24, 2.45) is 17.8 Å². The predicted molar refractivity (Wildman–Crippen MR) is 248 cm³/mol. The molecule has 0 aliphatic carbocycles. The van der Waals surface area contributed by atoms with Gasteiger partial charge in [0.15, 0.2) is 0 Å². The quantitative estimate of drug-likeness (QED) is 0.0698. The fraction of sp³-hybridized carbons (Fsp3) is 0.711. The van der Waals surface area contributed by atoms with Gasteiger partial charge in [0.2, 0.25) is 35.4 Å². The zero-order chi connectivity index (χ0) is 47.4. The molecule has 1 fully saturated rings. The van der Waals surface area contributed by atoms with Crippen LogP contribution in [0.3, 0.4) is 0 Å². The summed E-state index contributed by atoms with van der Waals surface area (Å²) in [5.41, 5.74) is 0.767. The monoisotopic (exact) mass is 1010 g/mol. The zero-order valence-corrected chi connectivity index (χ0v) is 41.7. The second-order valence-electron chi connectivity index (χ2n) is 16.9. The molecule has 4 N–H and O–H groups in total. The molecule has 1 saturated heterocycles. The normalized spacial score (nSPS) is 17.7. The molecule has 0 bridgehead atoms. The van der Waals surface area contributed by atoms with Crippen molar-refractivity contribution in [3.63, 3.8) is 0 Å². The minimum absolute atomic E-state index is 0.0629. The molecule has 1 aliphatic heterocycles. The van der Waals surface area contributed by atoms with Crippen molar-refractivity contribution in [3.05, 3.63) is 35.9 Å². The van der Waals surface area contributed by atoms with E-state index in [0.29, 0.717) is 50.5 Å². The third-order valence-electron chi connectivity index (χ3n) is 12.1. The molecule has 1 aromatic rings. The van der Waals surface area contributed by atoms with Crippen LogP contribution in [0.25, 0.3) is 0 Å². The van der Waals surface area contributed by atoms with E-state index in [0.717, 1.165) is 12.0 Å². The van der Waals surface area contributed by atoms with Gasteiger partial charge in [0.25, 0.3) is 0 Å². The molecule has 356 valence electrons. The molecular formula is C45H72Br2N6O10. The van der Waals surface area contributed by atoms with Crippen LogP contribution in [0.2, 0.25) is 0 Å². The van der Waals surface area contributed by atoms with Crippen LogP contribution >= 0.6 is 31.9 Å². The third-order valence-corrected chi connectivity index (χ3v) is 14.4. The molecule has 16 nitrogen and oxygen atoms in total. The van der Waals surface area contributed by atoms with E-state index >= 15 is 0 Å². The predicted octanol–water partition coefficient (Wildman–Crippen LogP) is 4.15. The Morgan fingerprint density at radius 3 is 2.13 bits per heavy atom. The molecule has 1 aromatic carbocycles. The Hall–Kier alpha value is -3.61. The van der Waals surface area contributed by atoms with Crippen LogP contribution in [-0.2, 0) is 49.5 Å². The lowest BCUT2D eigenvalue weighted by atomic mass is 9.90. The van der Waals surface area contributed by atoms with E-state index in [1.165, 1.54) is 24.0 Å². The van der Waals surface area contributed by atoms with Crippen LogP contribution < -0.4 is 16.0 Å². The maximum atomic E-state index is 14.2. The summed E-state index contributed by atoms with van der Waals surface area (Å²) >= 11 is 6.55. The van der Waals surface area contributed by atoms with Crippen molar-refractivity contribution in [2.75, 3.05) is 53.3 Å². The fourth-order valence-corrected chi connectivity index (χ4v) is 8.75. The minimum Gasteiger partial charge on any atom is -0.480 e. The van der Waals surface area contributed by atoms with Gasteiger partial charge in [-0.05, 0) is 43.1 Å². The number of hydrogen-bond donors (Lipinski definition) is 4. The van der Waals surface area contributed by atoms with Crippen LogP contribution in [0, 0.1) is 17.8 Å². The number of likely N-dealkylation sites (tertiary alicyclic amines) is 1. The number of amides is 6. The Labute approximate surface area is 390 Å². The van der Waals surface area contributed by atoms with Crippen molar-refractivity contribution >= 4 is 73.3 Å². The van der Waals surface area contributed by atoms with Crippen molar-refractivity contribution in [1.29, 1.82) is 0 Å². The zero-order valence-electron chi connectivity index (χ0n) is 38.6. The van der Waals surface area contributed by atoms with Gasteiger partial charge in [-0.15, -0.1) is 0 Å². The van der Waals surface area contributed by atoms with Crippen LogP contribution in [0.15, 0.2) is 30.3 Å². The first-order valence-corrected chi connectivity index (χ1v) is 24.1. The molecule has 2 rings (SSSR count). The average molecular weight is 1020 g/mol. The first kappa shape index (κ1) is 55.5. The largest absolute Gasteiger partial charge is 0.480 e. The Bertz CT molecular complexity index is 1640. The Kier molecular flexibility index (Phi) is 25.0. The maximum absolute atomic E-state index is 14.2. The molecular weight excluding hydrogens is 944 g/mol. The van der Waals surface area contributed by atoms with Gasteiger partial charge in [-0.3, -0.25) is 28.8 Å². The number of aliphatic carboxylic acids is 1. The summed E-state index contributed by atoms with van der Waals surface area (Å²) in [6.07, 6.45) is 2.80. The summed E-state index contributed by atoms with van der Waals surface area (Å²) < 4.78 is 11.8. The highest BCUT2D eigenvalue weighted by molar-refractivity contribution is 9.12. The van der Waals surface area contributed by atoms with E-state index < -0.39 is 60.1 Å². The standard InChI is InChI=1S/C45H72Br2N6O10/c1-10-29(4)40(52(7)38(56)27-49-44(59)39(28(2)3)51(6)36(54)21-15-12-16-22-48-43(58)32(47)26-46)35(62-8)25-37(55)53-23-17-20-34(53)41(63-9)30(5)42(57)50-33(45(60)61)24-31-18-13-11-14-19-31/h11,13-14,18-19,28-30,32-35,39-41H,10,12,15-17,20-27H2,1-9H3,(H,48,58)(H,49,59)(H,50,57)(H,60,61)/t29-,30-,32?,33+,34+,35-,39+,40+,41-/m1/s1. The van der Waals surface area contributed by atoms with Gasteiger partial charge in [0.1, 0.15) is 16.9 Å². The Morgan fingerprint density at radius 1 is 0.889 bits per heavy atom. The number of nitrogens with zero attached hydrogens (tertiary/aromatic N) is 3. The van der Waals surface area contributed by atoms with Crippen molar-refractivity contribution in [3.8, 4) is 0 Å². The number of halogens is 2. The number of nitrogens with one attached hydrogen (secondary N) is 3. The topological polar surface area (TPSA) is 204 Å². The highest BCUT2D eigenvalue weighted by Crippen LogP contribution is 2.29. The summed E-state index contributed by atoms with van der Waals surface area (Å²) in [5, 5.41) is 18.7. The number of rotatable bonds is 28. The van der Waals surface area contributed by atoms with Crippen molar-refractivity contribution < 1.29 is 48.1 Å². The van der Waals surface area contributed by atoms with Gasteiger partial charge in [-0.1, -0.05) is 110 Å². The lowest BCUT2D eigenvalue weighted by molar-refractivity contribution is -0.147. The van der Waals surface area contributed by atoms with Gasteiger partial charge >= 0.3 is 5.97 Å². The highest BCUT2D eigenvalue weighted by atomic mass is 79.9. The fourth-order valence-electron chi connectivity index (χ4n) is 8.30. The van der Waals surface area contributed by atoms with Crippen LogP contribution in [0.1, 0.15) is 91.5 Å². The summed E-state index contributed by atoms with van der Waals surface area (Å²) in [4.78, 5) is 96.6. The van der Waals surface area contributed by atoms with E-state index in [9.17, 15) is 38.7 Å².